The molecule has 30 heavy (non-hydrogen) atoms. The van der Waals surface area contributed by atoms with Gasteiger partial charge in [0.05, 0.1) is 4.90 Å². The minimum absolute atomic E-state index is 0.137. The summed E-state index contributed by atoms with van der Waals surface area (Å²) in [7, 11) is -3.82. The Morgan fingerprint density at radius 1 is 0.933 bits per heavy atom. The van der Waals surface area contributed by atoms with Crippen LogP contribution in [-0.2, 0) is 23.0 Å². The Hall–Kier alpha value is -3.52. The summed E-state index contributed by atoms with van der Waals surface area (Å²) in [5, 5.41) is 4.44. The van der Waals surface area contributed by atoms with E-state index < -0.39 is 10.0 Å². The quantitative estimate of drug-likeness (QED) is 0.486. The second kappa shape index (κ2) is 8.46. The molecule has 152 valence electrons. The van der Waals surface area contributed by atoms with Crippen molar-refractivity contribution in [2.75, 3.05) is 4.72 Å². The minimum Gasteiger partial charge on any atom is -0.270 e. The maximum absolute atomic E-state index is 13.4. The van der Waals surface area contributed by atoms with Gasteiger partial charge in [-0.25, -0.2) is 12.8 Å². The summed E-state index contributed by atoms with van der Waals surface area (Å²) in [5.41, 5.74) is 2.13. The Morgan fingerprint density at radius 3 is 2.37 bits per heavy atom. The first-order chi connectivity index (χ1) is 14.5. The third-order valence-electron chi connectivity index (χ3n) is 4.52. The molecule has 0 bridgehead atoms. The van der Waals surface area contributed by atoms with Crippen LogP contribution in [0.4, 0.5) is 10.2 Å². The molecular formula is C22H19FN4O2S. The van der Waals surface area contributed by atoms with Crippen molar-refractivity contribution < 1.29 is 12.8 Å². The number of hydrogen-bond donors (Lipinski definition) is 1. The van der Waals surface area contributed by atoms with Crippen molar-refractivity contribution in [3.63, 3.8) is 0 Å². The van der Waals surface area contributed by atoms with Gasteiger partial charge in [-0.05, 0) is 42.0 Å². The van der Waals surface area contributed by atoms with E-state index >= 15 is 0 Å². The van der Waals surface area contributed by atoms with Crippen molar-refractivity contribution in [3.8, 4) is 11.1 Å². The van der Waals surface area contributed by atoms with E-state index in [0.717, 1.165) is 5.69 Å². The highest BCUT2D eigenvalue weighted by atomic mass is 32.2. The molecule has 4 rings (SSSR count). The van der Waals surface area contributed by atoms with E-state index in [0.29, 0.717) is 24.1 Å². The van der Waals surface area contributed by atoms with E-state index in [2.05, 4.69) is 14.8 Å². The van der Waals surface area contributed by atoms with E-state index in [1.807, 2.05) is 18.2 Å². The van der Waals surface area contributed by atoms with Crippen LogP contribution >= 0.6 is 0 Å². The fraction of sp³-hybridized carbons (Fsp3) is 0.0909. The van der Waals surface area contributed by atoms with E-state index in [4.69, 9.17) is 0 Å². The third kappa shape index (κ3) is 4.55. The molecule has 0 unspecified atom stereocenters. The van der Waals surface area contributed by atoms with Gasteiger partial charge in [0.1, 0.15) is 5.82 Å². The Morgan fingerprint density at radius 2 is 1.67 bits per heavy atom. The van der Waals surface area contributed by atoms with Gasteiger partial charge < -0.3 is 0 Å². The number of halogens is 1. The topological polar surface area (TPSA) is 76.9 Å². The van der Waals surface area contributed by atoms with Gasteiger partial charge in [0.2, 0.25) is 0 Å². The number of sulfonamides is 1. The van der Waals surface area contributed by atoms with Crippen LogP contribution in [0.25, 0.3) is 11.1 Å². The van der Waals surface area contributed by atoms with Gasteiger partial charge in [0, 0.05) is 36.6 Å². The molecular weight excluding hydrogens is 403 g/mol. The first-order valence-electron chi connectivity index (χ1n) is 9.32. The largest absolute Gasteiger partial charge is 0.270 e. The van der Waals surface area contributed by atoms with Crippen molar-refractivity contribution in [1.82, 2.24) is 14.8 Å². The SMILES string of the molecule is O=S(=O)(Nc1nn(CCc2ccccn2)cc1-c1ccc(F)cc1)c1ccccc1. The average molecular weight is 422 g/mol. The predicted molar refractivity (Wildman–Crippen MR) is 113 cm³/mol. The molecule has 0 amide bonds. The Balaban J connectivity index is 1.66. The van der Waals surface area contributed by atoms with Gasteiger partial charge in [-0.15, -0.1) is 0 Å². The lowest BCUT2D eigenvalue weighted by atomic mass is 10.1. The molecule has 0 aliphatic heterocycles. The average Bonchev–Trinajstić information content (AvgIpc) is 3.16. The van der Waals surface area contributed by atoms with Crippen LogP contribution in [0.2, 0.25) is 0 Å². The number of benzene rings is 2. The monoisotopic (exact) mass is 422 g/mol. The summed E-state index contributed by atoms with van der Waals surface area (Å²) in [4.78, 5) is 4.43. The van der Waals surface area contributed by atoms with Crippen molar-refractivity contribution in [3.05, 3.63) is 96.7 Å². The number of nitrogens with zero attached hydrogens (tertiary/aromatic N) is 3. The molecule has 0 spiro atoms. The molecule has 0 aliphatic rings. The van der Waals surface area contributed by atoms with Crippen LogP contribution in [0.15, 0.2) is 90.1 Å². The van der Waals surface area contributed by atoms with Crippen LogP contribution in [0.1, 0.15) is 5.69 Å². The van der Waals surface area contributed by atoms with Gasteiger partial charge in [-0.3, -0.25) is 14.4 Å². The molecule has 0 saturated carbocycles. The molecule has 2 heterocycles. The molecule has 2 aromatic carbocycles. The zero-order valence-corrected chi connectivity index (χ0v) is 16.8. The van der Waals surface area contributed by atoms with Gasteiger partial charge in [-0.2, -0.15) is 5.10 Å². The van der Waals surface area contributed by atoms with Crippen molar-refractivity contribution in [2.24, 2.45) is 0 Å². The number of aromatic nitrogens is 3. The number of nitrogens with one attached hydrogen (secondary N) is 1. The van der Waals surface area contributed by atoms with Crippen LogP contribution in [0.5, 0.6) is 0 Å². The fourth-order valence-corrected chi connectivity index (χ4v) is 4.05. The first-order valence-corrected chi connectivity index (χ1v) is 10.8. The third-order valence-corrected chi connectivity index (χ3v) is 5.88. The van der Waals surface area contributed by atoms with Crippen LogP contribution in [0, 0.1) is 5.82 Å². The molecule has 0 aliphatic carbocycles. The number of aryl methyl sites for hydroxylation is 2. The van der Waals surface area contributed by atoms with Gasteiger partial charge >= 0.3 is 0 Å². The van der Waals surface area contributed by atoms with Gasteiger partial charge in [-0.1, -0.05) is 36.4 Å². The molecule has 0 radical (unpaired) electrons. The zero-order chi connectivity index (χ0) is 21.0. The van der Waals surface area contributed by atoms with Crippen LogP contribution in [0.3, 0.4) is 0 Å². The summed E-state index contributed by atoms with van der Waals surface area (Å²) in [5.74, 6) is -0.181. The molecule has 0 fully saturated rings. The standard InChI is InChI=1S/C22H19FN4O2S/c23-18-11-9-17(10-12-18)21-16-27(15-13-19-6-4-5-14-24-19)25-22(21)26-30(28,29)20-7-2-1-3-8-20/h1-12,14,16H,13,15H2,(H,25,26). The minimum atomic E-state index is -3.82. The molecule has 2 aromatic heterocycles. The summed E-state index contributed by atoms with van der Waals surface area (Å²) in [6.07, 6.45) is 4.11. The summed E-state index contributed by atoms with van der Waals surface area (Å²) >= 11 is 0. The molecule has 4 aromatic rings. The summed E-state index contributed by atoms with van der Waals surface area (Å²) in [6, 6.07) is 19.6. The molecule has 0 atom stereocenters. The van der Waals surface area contributed by atoms with E-state index in [1.165, 1.54) is 24.3 Å². The maximum Gasteiger partial charge on any atom is 0.263 e. The second-order valence-electron chi connectivity index (χ2n) is 6.65. The van der Waals surface area contributed by atoms with E-state index in [1.54, 1.807) is 47.4 Å². The van der Waals surface area contributed by atoms with Crippen molar-refractivity contribution in [1.29, 1.82) is 0 Å². The lowest BCUT2D eigenvalue weighted by molar-refractivity contribution is 0.598. The number of rotatable bonds is 7. The van der Waals surface area contributed by atoms with Crippen LogP contribution < -0.4 is 4.72 Å². The van der Waals surface area contributed by atoms with Crippen molar-refractivity contribution >= 4 is 15.8 Å². The second-order valence-corrected chi connectivity index (χ2v) is 8.33. The molecule has 8 heteroatoms. The Labute approximate surface area is 174 Å². The normalized spacial score (nSPS) is 11.4. The highest BCUT2D eigenvalue weighted by Gasteiger charge is 2.19. The van der Waals surface area contributed by atoms with Crippen LogP contribution in [-0.4, -0.2) is 23.2 Å². The highest BCUT2D eigenvalue weighted by Crippen LogP contribution is 2.29. The van der Waals surface area contributed by atoms with Crippen molar-refractivity contribution in [2.45, 2.75) is 17.9 Å². The summed E-state index contributed by atoms with van der Waals surface area (Å²) in [6.45, 7) is 0.512. The Kier molecular flexibility index (Phi) is 5.58. The molecule has 1 N–H and O–H groups in total. The zero-order valence-electron chi connectivity index (χ0n) is 15.9. The van der Waals surface area contributed by atoms with Gasteiger partial charge in [0.25, 0.3) is 10.0 Å². The number of hydrogen-bond acceptors (Lipinski definition) is 4. The highest BCUT2D eigenvalue weighted by molar-refractivity contribution is 7.92. The lowest BCUT2D eigenvalue weighted by Gasteiger charge is -2.07. The lowest BCUT2D eigenvalue weighted by Crippen LogP contribution is -2.14. The molecule has 0 saturated heterocycles. The van der Waals surface area contributed by atoms with Gasteiger partial charge in [0.15, 0.2) is 5.82 Å². The Bertz CT molecular complexity index is 1230. The molecule has 6 nitrogen and oxygen atoms in total. The smallest absolute Gasteiger partial charge is 0.263 e. The fourth-order valence-electron chi connectivity index (χ4n) is 3.01. The van der Waals surface area contributed by atoms with E-state index in [-0.39, 0.29) is 16.5 Å². The van der Waals surface area contributed by atoms with E-state index in [9.17, 15) is 12.8 Å². The summed E-state index contributed by atoms with van der Waals surface area (Å²) < 4.78 is 43.2. The predicted octanol–water partition coefficient (Wildman–Crippen LogP) is 4.13. The first kappa shape index (κ1) is 19.8. The number of pyridine rings is 1. The number of anilines is 1. The maximum atomic E-state index is 13.4.